The van der Waals surface area contributed by atoms with E-state index in [4.69, 9.17) is 11.6 Å². The number of hydrogen-bond donors (Lipinski definition) is 1. The summed E-state index contributed by atoms with van der Waals surface area (Å²) >= 11 is 6.88. The standard InChI is InChI=1S/C15H10ClN3O3S2/c16-11-2-4-12(5-3-11)24(21,22)15-10(7-8-23-15)1-6-13(20)14-17-9-18-19-14/h1-9H,(H,17,18,19). The van der Waals surface area contributed by atoms with Crippen molar-refractivity contribution in [3.05, 3.63) is 64.5 Å². The Morgan fingerprint density at radius 3 is 2.62 bits per heavy atom. The first kappa shape index (κ1) is 16.6. The summed E-state index contributed by atoms with van der Waals surface area (Å²) < 4.78 is 25.6. The van der Waals surface area contributed by atoms with Crippen molar-refractivity contribution in [2.24, 2.45) is 0 Å². The lowest BCUT2D eigenvalue weighted by atomic mass is 10.2. The molecule has 0 saturated carbocycles. The Morgan fingerprint density at radius 1 is 1.21 bits per heavy atom. The molecule has 1 N–H and O–H groups in total. The van der Waals surface area contributed by atoms with Crippen LogP contribution in [-0.2, 0) is 9.84 Å². The third-order valence-corrected chi connectivity index (χ3v) is 6.61. The molecule has 2 aromatic heterocycles. The average molecular weight is 380 g/mol. The summed E-state index contributed by atoms with van der Waals surface area (Å²) in [6.45, 7) is 0. The lowest BCUT2D eigenvalue weighted by molar-refractivity contribution is 0.103. The number of sulfone groups is 1. The van der Waals surface area contributed by atoms with E-state index in [2.05, 4.69) is 15.2 Å². The first-order valence-electron chi connectivity index (χ1n) is 6.65. The molecular weight excluding hydrogens is 370 g/mol. The summed E-state index contributed by atoms with van der Waals surface area (Å²) in [5.74, 6) is -0.402. The normalized spacial score (nSPS) is 11.9. The van der Waals surface area contributed by atoms with Gasteiger partial charge in [0.15, 0.2) is 0 Å². The maximum Gasteiger partial charge on any atom is 0.224 e. The second-order valence-corrected chi connectivity index (χ2v) is 8.14. The van der Waals surface area contributed by atoms with Crippen LogP contribution < -0.4 is 0 Å². The molecule has 9 heteroatoms. The van der Waals surface area contributed by atoms with E-state index < -0.39 is 15.6 Å². The van der Waals surface area contributed by atoms with Crippen LogP contribution in [-0.4, -0.2) is 29.4 Å². The maximum atomic E-state index is 12.7. The van der Waals surface area contributed by atoms with Crippen molar-refractivity contribution < 1.29 is 13.2 Å². The number of halogens is 1. The van der Waals surface area contributed by atoms with Gasteiger partial charge in [-0.25, -0.2) is 13.4 Å². The van der Waals surface area contributed by atoms with Gasteiger partial charge in [-0.1, -0.05) is 11.6 Å². The summed E-state index contributed by atoms with van der Waals surface area (Å²) in [5, 5.41) is 8.23. The zero-order chi connectivity index (χ0) is 17.2. The van der Waals surface area contributed by atoms with Crippen molar-refractivity contribution in [3.8, 4) is 0 Å². The topological polar surface area (TPSA) is 92.8 Å². The summed E-state index contributed by atoms with van der Waals surface area (Å²) in [4.78, 5) is 15.8. The fourth-order valence-corrected chi connectivity index (χ4v) is 4.79. The van der Waals surface area contributed by atoms with Gasteiger partial charge < -0.3 is 0 Å². The molecule has 6 nitrogen and oxygen atoms in total. The molecule has 1 aromatic carbocycles. The van der Waals surface area contributed by atoms with E-state index in [1.54, 1.807) is 11.4 Å². The van der Waals surface area contributed by atoms with Gasteiger partial charge in [0.05, 0.1) is 4.90 Å². The predicted octanol–water partition coefficient (Wildman–Crippen LogP) is 3.25. The fraction of sp³-hybridized carbons (Fsp3) is 0. The third-order valence-electron chi connectivity index (χ3n) is 3.08. The van der Waals surface area contributed by atoms with E-state index in [-0.39, 0.29) is 14.9 Å². The minimum atomic E-state index is -3.68. The van der Waals surface area contributed by atoms with E-state index in [9.17, 15) is 13.2 Å². The lowest BCUT2D eigenvalue weighted by Gasteiger charge is -2.03. The molecule has 0 amide bonds. The first-order valence-corrected chi connectivity index (χ1v) is 9.39. The molecule has 0 spiro atoms. The van der Waals surface area contributed by atoms with Gasteiger partial charge in [-0.3, -0.25) is 9.89 Å². The molecule has 24 heavy (non-hydrogen) atoms. The number of nitrogens with one attached hydrogen (secondary N) is 1. The minimum absolute atomic E-state index is 0.0172. The molecule has 0 fully saturated rings. The number of carbonyl (C=O) groups excluding carboxylic acids is 1. The Balaban J connectivity index is 1.93. The summed E-state index contributed by atoms with van der Waals surface area (Å²) in [7, 11) is -3.68. The van der Waals surface area contributed by atoms with Crippen LogP contribution in [0.5, 0.6) is 0 Å². The highest BCUT2D eigenvalue weighted by Gasteiger charge is 2.22. The summed E-state index contributed by atoms with van der Waals surface area (Å²) in [6.07, 6.45) is 3.98. The Morgan fingerprint density at radius 2 is 1.96 bits per heavy atom. The van der Waals surface area contributed by atoms with E-state index in [1.807, 2.05) is 0 Å². The molecule has 0 unspecified atom stereocenters. The van der Waals surface area contributed by atoms with Gasteiger partial charge in [0, 0.05) is 10.6 Å². The number of allylic oxidation sites excluding steroid dienone is 1. The zero-order valence-electron chi connectivity index (χ0n) is 12.0. The number of carbonyl (C=O) groups is 1. The van der Waals surface area contributed by atoms with Crippen LogP contribution in [0.1, 0.15) is 16.2 Å². The molecule has 0 aliphatic carbocycles. The zero-order valence-corrected chi connectivity index (χ0v) is 14.4. The van der Waals surface area contributed by atoms with Crippen LogP contribution in [0.15, 0.2) is 57.2 Å². The molecule has 3 aromatic rings. The molecule has 0 radical (unpaired) electrons. The van der Waals surface area contributed by atoms with Crippen molar-refractivity contribution in [1.29, 1.82) is 0 Å². The smallest absolute Gasteiger partial charge is 0.224 e. The fourth-order valence-electron chi connectivity index (χ4n) is 1.94. The Hall–Kier alpha value is -2.29. The molecular formula is C15H10ClN3O3S2. The second-order valence-electron chi connectivity index (χ2n) is 4.64. The Bertz CT molecular complexity index is 991. The highest BCUT2D eigenvalue weighted by molar-refractivity contribution is 7.93. The Kier molecular flexibility index (Phi) is 4.61. The monoisotopic (exact) mass is 379 g/mol. The van der Waals surface area contributed by atoms with E-state index >= 15 is 0 Å². The van der Waals surface area contributed by atoms with Gasteiger partial charge in [0.25, 0.3) is 0 Å². The molecule has 3 rings (SSSR count). The molecule has 0 aliphatic heterocycles. The quantitative estimate of drug-likeness (QED) is 0.542. The predicted molar refractivity (Wildman–Crippen MR) is 91.0 cm³/mol. The van der Waals surface area contributed by atoms with Gasteiger partial charge in [-0.15, -0.1) is 11.3 Å². The van der Waals surface area contributed by atoms with E-state index in [1.165, 1.54) is 42.7 Å². The molecule has 0 atom stereocenters. The van der Waals surface area contributed by atoms with Crippen LogP contribution in [0.3, 0.4) is 0 Å². The number of H-pyrrole nitrogens is 1. The molecule has 122 valence electrons. The van der Waals surface area contributed by atoms with Crippen LogP contribution in [0.4, 0.5) is 0 Å². The minimum Gasteiger partial charge on any atom is -0.286 e. The van der Waals surface area contributed by atoms with Gasteiger partial charge in [-0.05, 0) is 47.9 Å². The average Bonchev–Trinajstić information content (AvgIpc) is 3.24. The number of hydrogen-bond acceptors (Lipinski definition) is 6. The molecule has 2 heterocycles. The number of benzene rings is 1. The Labute approximate surface area is 146 Å². The number of nitrogens with zero attached hydrogens (tertiary/aromatic N) is 2. The van der Waals surface area contributed by atoms with Gasteiger partial charge in [0.2, 0.25) is 21.4 Å². The second kappa shape index (κ2) is 6.68. The van der Waals surface area contributed by atoms with Crippen LogP contribution >= 0.6 is 22.9 Å². The highest BCUT2D eigenvalue weighted by Crippen LogP contribution is 2.30. The van der Waals surface area contributed by atoms with Gasteiger partial charge in [0.1, 0.15) is 10.5 Å². The summed E-state index contributed by atoms with van der Waals surface area (Å²) in [6, 6.07) is 7.57. The number of rotatable bonds is 5. The largest absolute Gasteiger partial charge is 0.286 e. The van der Waals surface area contributed by atoms with E-state index in [0.29, 0.717) is 10.6 Å². The van der Waals surface area contributed by atoms with E-state index in [0.717, 1.165) is 11.3 Å². The van der Waals surface area contributed by atoms with Crippen molar-refractivity contribution in [1.82, 2.24) is 15.2 Å². The van der Waals surface area contributed by atoms with Crippen LogP contribution in [0, 0.1) is 0 Å². The lowest BCUT2D eigenvalue weighted by Crippen LogP contribution is -2.01. The maximum absolute atomic E-state index is 12.7. The first-order chi connectivity index (χ1) is 11.5. The number of ketones is 1. The van der Waals surface area contributed by atoms with Crippen molar-refractivity contribution in [2.75, 3.05) is 0 Å². The number of aromatic nitrogens is 3. The van der Waals surface area contributed by atoms with Crippen LogP contribution in [0.25, 0.3) is 6.08 Å². The van der Waals surface area contributed by atoms with Crippen molar-refractivity contribution in [3.63, 3.8) is 0 Å². The van der Waals surface area contributed by atoms with Gasteiger partial charge >= 0.3 is 0 Å². The van der Waals surface area contributed by atoms with Crippen molar-refractivity contribution in [2.45, 2.75) is 9.10 Å². The SMILES string of the molecule is O=C(C=Cc1ccsc1S(=O)(=O)c1ccc(Cl)cc1)c1nc[nH]n1. The molecule has 0 saturated heterocycles. The molecule has 0 aliphatic rings. The summed E-state index contributed by atoms with van der Waals surface area (Å²) in [5.41, 5.74) is 0.429. The van der Waals surface area contributed by atoms with Crippen molar-refractivity contribution >= 4 is 44.6 Å². The third kappa shape index (κ3) is 3.30. The van der Waals surface area contributed by atoms with Crippen LogP contribution in [0.2, 0.25) is 5.02 Å². The highest BCUT2D eigenvalue weighted by atomic mass is 35.5. The number of thiophene rings is 1. The van der Waals surface area contributed by atoms with Gasteiger partial charge in [-0.2, -0.15) is 5.10 Å². The number of aromatic amines is 1. The molecule has 0 bridgehead atoms.